The summed E-state index contributed by atoms with van der Waals surface area (Å²) in [6.45, 7) is 0.489. The van der Waals surface area contributed by atoms with E-state index in [0.29, 0.717) is 29.1 Å². The first-order chi connectivity index (χ1) is 16.1. The monoisotopic (exact) mass is 437 g/mol. The molecule has 8 nitrogen and oxygen atoms in total. The van der Waals surface area contributed by atoms with Crippen LogP contribution in [0.3, 0.4) is 0 Å². The molecule has 162 valence electrons. The van der Waals surface area contributed by atoms with Crippen LogP contribution in [0.15, 0.2) is 83.6 Å². The number of aromatic hydroxyl groups is 1. The lowest BCUT2D eigenvalue weighted by molar-refractivity contribution is 0.0996. The van der Waals surface area contributed by atoms with Crippen molar-refractivity contribution < 1.29 is 14.3 Å². The van der Waals surface area contributed by atoms with Gasteiger partial charge in [-0.3, -0.25) is 4.79 Å². The zero-order valence-corrected chi connectivity index (χ0v) is 17.8. The van der Waals surface area contributed by atoms with Crippen molar-refractivity contribution in [3.8, 4) is 17.0 Å². The fourth-order valence-corrected chi connectivity index (χ4v) is 3.58. The molecule has 1 amide bonds. The van der Waals surface area contributed by atoms with Gasteiger partial charge in [-0.25, -0.2) is 4.98 Å². The Morgan fingerprint density at radius 3 is 2.79 bits per heavy atom. The SMILES string of the molecule is Bc1cnn2c(NCc3cccc(NC(=O)c4ccco4)c3)cc(-c3ccccc3O)nc12. The van der Waals surface area contributed by atoms with Crippen LogP contribution in [-0.2, 0) is 6.54 Å². The highest BCUT2D eigenvalue weighted by molar-refractivity contribution is 6.36. The minimum absolute atomic E-state index is 0.164. The lowest BCUT2D eigenvalue weighted by atomic mass is 10.0. The van der Waals surface area contributed by atoms with Gasteiger partial charge in [0, 0.05) is 30.1 Å². The van der Waals surface area contributed by atoms with E-state index in [1.807, 2.05) is 50.3 Å². The summed E-state index contributed by atoms with van der Waals surface area (Å²) in [6, 6.07) is 19.8. The molecule has 0 bridgehead atoms. The summed E-state index contributed by atoms with van der Waals surface area (Å²) in [5, 5.41) is 21.0. The molecule has 3 heterocycles. The van der Waals surface area contributed by atoms with E-state index in [1.165, 1.54) is 6.26 Å². The minimum atomic E-state index is -0.305. The topological polar surface area (TPSA) is 105 Å². The highest BCUT2D eigenvalue weighted by Gasteiger charge is 2.13. The number of phenolic OH excluding ortho intramolecular Hbond substituents is 1. The van der Waals surface area contributed by atoms with Gasteiger partial charge in [0.1, 0.15) is 19.4 Å². The summed E-state index contributed by atoms with van der Waals surface area (Å²) in [4.78, 5) is 17.0. The summed E-state index contributed by atoms with van der Waals surface area (Å²) in [5.74, 6) is 0.845. The number of anilines is 2. The van der Waals surface area contributed by atoms with E-state index in [0.717, 1.165) is 16.8 Å². The van der Waals surface area contributed by atoms with Crippen LogP contribution in [0.2, 0.25) is 0 Å². The number of carbonyl (C=O) groups is 1. The molecule has 0 spiro atoms. The summed E-state index contributed by atoms with van der Waals surface area (Å²) < 4.78 is 6.88. The first-order valence-electron chi connectivity index (χ1n) is 10.4. The Bertz CT molecular complexity index is 1450. The molecular weight excluding hydrogens is 417 g/mol. The second-order valence-electron chi connectivity index (χ2n) is 7.59. The van der Waals surface area contributed by atoms with Crippen molar-refractivity contribution in [1.29, 1.82) is 0 Å². The number of hydrogen-bond donors (Lipinski definition) is 3. The number of nitrogens with zero attached hydrogens (tertiary/aromatic N) is 3. The van der Waals surface area contributed by atoms with Crippen molar-refractivity contribution in [3.63, 3.8) is 0 Å². The molecule has 0 aliphatic carbocycles. The third-order valence-electron chi connectivity index (χ3n) is 5.23. The Morgan fingerprint density at radius 2 is 1.97 bits per heavy atom. The van der Waals surface area contributed by atoms with Crippen LogP contribution in [0, 0.1) is 0 Å². The number of phenols is 1. The largest absolute Gasteiger partial charge is 0.507 e. The van der Waals surface area contributed by atoms with Crippen LogP contribution in [0.25, 0.3) is 16.9 Å². The Balaban J connectivity index is 1.41. The van der Waals surface area contributed by atoms with Gasteiger partial charge in [0.2, 0.25) is 0 Å². The Morgan fingerprint density at radius 1 is 1.09 bits per heavy atom. The first kappa shape index (κ1) is 20.4. The van der Waals surface area contributed by atoms with E-state index < -0.39 is 0 Å². The van der Waals surface area contributed by atoms with E-state index in [1.54, 1.807) is 35.0 Å². The molecule has 5 rings (SSSR count). The van der Waals surface area contributed by atoms with Gasteiger partial charge in [0.05, 0.1) is 12.0 Å². The molecule has 9 heteroatoms. The Labute approximate surface area is 190 Å². The molecule has 3 aromatic heterocycles. The minimum Gasteiger partial charge on any atom is -0.507 e. The highest BCUT2D eigenvalue weighted by atomic mass is 16.3. The molecule has 0 saturated carbocycles. The number of benzene rings is 2. The zero-order valence-electron chi connectivity index (χ0n) is 17.8. The second kappa shape index (κ2) is 8.54. The van der Waals surface area contributed by atoms with Crippen LogP contribution in [0.1, 0.15) is 16.1 Å². The van der Waals surface area contributed by atoms with Gasteiger partial charge >= 0.3 is 0 Å². The molecule has 33 heavy (non-hydrogen) atoms. The van der Waals surface area contributed by atoms with Crippen molar-refractivity contribution >= 4 is 36.4 Å². The standard InChI is InChI=1S/C24H20BN5O3/c25-18-14-27-30-22(12-19(29-23(18)30)17-7-1-2-8-20(17)31)26-13-15-5-3-6-16(11-15)28-24(32)21-9-4-10-33-21/h1-12,14,26,31H,13,25H2,(H,28,32). The normalized spacial score (nSPS) is 10.9. The fourth-order valence-electron chi connectivity index (χ4n) is 3.58. The van der Waals surface area contributed by atoms with Gasteiger partial charge in [0.25, 0.3) is 5.91 Å². The van der Waals surface area contributed by atoms with Crippen molar-refractivity contribution in [2.24, 2.45) is 0 Å². The van der Waals surface area contributed by atoms with Gasteiger partial charge in [-0.15, -0.1) is 0 Å². The number of para-hydroxylation sites is 1. The first-order valence-corrected chi connectivity index (χ1v) is 10.4. The van der Waals surface area contributed by atoms with Crippen LogP contribution in [0.5, 0.6) is 5.75 Å². The Hall–Kier alpha value is -4.53. The van der Waals surface area contributed by atoms with Gasteiger partial charge in [-0.2, -0.15) is 9.61 Å². The lowest BCUT2D eigenvalue weighted by Crippen LogP contribution is -2.12. The molecule has 0 aliphatic heterocycles. The molecular formula is C24H20BN5O3. The summed E-state index contributed by atoms with van der Waals surface area (Å²) in [5.41, 5.74) is 4.55. The van der Waals surface area contributed by atoms with Crippen LogP contribution >= 0.6 is 0 Å². The van der Waals surface area contributed by atoms with Crippen molar-refractivity contribution in [2.75, 3.05) is 10.6 Å². The fraction of sp³-hybridized carbons (Fsp3) is 0.0417. The molecule has 0 unspecified atom stereocenters. The number of furan rings is 1. The quantitative estimate of drug-likeness (QED) is 0.353. The van der Waals surface area contributed by atoms with Gasteiger partial charge in [-0.05, 0) is 47.4 Å². The summed E-state index contributed by atoms with van der Waals surface area (Å²) in [6.07, 6.45) is 3.22. The number of aromatic nitrogens is 3. The van der Waals surface area contributed by atoms with Crippen LogP contribution in [0.4, 0.5) is 11.5 Å². The number of fused-ring (bicyclic) bond motifs is 1. The predicted molar refractivity (Wildman–Crippen MR) is 129 cm³/mol. The summed E-state index contributed by atoms with van der Waals surface area (Å²) >= 11 is 0. The Kier molecular flexibility index (Phi) is 5.28. The van der Waals surface area contributed by atoms with Gasteiger partial charge in [0.15, 0.2) is 11.4 Å². The number of hydrogen-bond acceptors (Lipinski definition) is 6. The molecule has 0 radical (unpaired) electrons. The third kappa shape index (κ3) is 4.16. The van der Waals surface area contributed by atoms with E-state index >= 15 is 0 Å². The number of nitrogens with one attached hydrogen (secondary N) is 2. The maximum Gasteiger partial charge on any atom is 0.291 e. The zero-order chi connectivity index (χ0) is 22.8. The predicted octanol–water partition coefficient (Wildman–Crippen LogP) is 2.82. The molecule has 3 N–H and O–H groups in total. The van der Waals surface area contributed by atoms with E-state index in [9.17, 15) is 9.90 Å². The lowest BCUT2D eigenvalue weighted by Gasteiger charge is -2.12. The molecule has 2 aromatic carbocycles. The smallest absolute Gasteiger partial charge is 0.291 e. The molecule has 0 atom stereocenters. The van der Waals surface area contributed by atoms with E-state index in [-0.39, 0.29) is 17.4 Å². The summed E-state index contributed by atoms with van der Waals surface area (Å²) in [7, 11) is 1.94. The average Bonchev–Trinajstić information content (AvgIpc) is 3.49. The molecule has 0 fully saturated rings. The van der Waals surface area contributed by atoms with Gasteiger partial charge < -0.3 is 20.2 Å². The highest BCUT2D eigenvalue weighted by Crippen LogP contribution is 2.29. The molecule has 0 saturated heterocycles. The second-order valence-corrected chi connectivity index (χ2v) is 7.59. The molecule has 5 aromatic rings. The number of amides is 1. The van der Waals surface area contributed by atoms with Crippen molar-refractivity contribution in [3.05, 3.63) is 90.5 Å². The maximum absolute atomic E-state index is 12.3. The van der Waals surface area contributed by atoms with Gasteiger partial charge in [-0.1, -0.05) is 24.3 Å². The van der Waals surface area contributed by atoms with Crippen molar-refractivity contribution in [2.45, 2.75) is 6.54 Å². The number of carbonyl (C=O) groups excluding carboxylic acids is 1. The van der Waals surface area contributed by atoms with E-state index in [4.69, 9.17) is 9.40 Å². The van der Waals surface area contributed by atoms with Crippen LogP contribution < -0.4 is 16.1 Å². The average molecular weight is 437 g/mol. The van der Waals surface area contributed by atoms with Crippen LogP contribution in [-0.4, -0.2) is 33.5 Å². The van der Waals surface area contributed by atoms with E-state index in [2.05, 4.69) is 15.7 Å². The third-order valence-corrected chi connectivity index (χ3v) is 5.23. The van der Waals surface area contributed by atoms with Crippen molar-refractivity contribution in [1.82, 2.24) is 14.6 Å². The molecule has 0 aliphatic rings. The number of rotatable bonds is 6. The maximum atomic E-state index is 12.3.